The fourth-order valence-corrected chi connectivity index (χ4v) is 4.42. The van der Waals surface area contributed by atoms with Crippen LogP contribution in [0.15, 0.2) is 0 Å². The van der Waals surface area contributed by atoms with Crippen molar-refractivity contribution in [2.24, 2.45) is 0 Å². The Bertz CT molecular complexity index is 475. The summed E-state index contributed by atoms with van der Waals surface area (Å²) in [4.78, 5) is 17.9. The molecule has 0 rings (SSSR count). The molecule has 37 heavy (non-hydrogen) atoms. The Balaban J connectivity index is 4.82. The predicted octanol–water partition coefficient (Wildman–Crippen LogP) is 1.70. The average Bonchev–Trinajstić information content (AvgIpc) is 2.90. The summed E-state index contributed by atoms with van der Waals surface area (Å²) in [6.07, 6.45) is 0. The van der Waals surface area contributed by atoms with Crippen LogP contribution in [-0.2, 0) is 0 Å². The van der Waals surface area contributed by atoms with Gasteiger partial charge in [-0.25, -0.2) is 0 Å². The fourth-order valence-electron chi connectivity index (χ4n) is 4.42. The first-order valence-electron chi connectivity index (χ1n) is 15.5. The zero-order chi connectivity index (χ0) is 27.9. The fraction of sp³-hybridized carbons (Fsp3) is 1.00. The Morgan fingerprint density at radius 2 is 0.757 bits per heavy atom. The number of likely N-dealkylation sites (N-methyl/N-ethyl adjacent to an activating group) is 6. The Morgan fingerprint density at radius 3 is 1.16 bits per heavy atom. The van der Waals surface area contributed by atoms with Crippen LogP contribution in [0.3, 0.4) is 0 Å². The van der Waals surface area contributed by atoms with E-state index in [9.17, 15) is 0 Å². The quantitative estimate of drug-likeness (QED) is 0.161. The highest BCUT2D eigenvalue weighted by Gasteiger charge is 2.13. The van der Waals surface area contributed by atoms with Crippen molar-refractivity contribution in [1.29, 1.82) is 0 Å². The highest BCUT2D eigenvalue weighted by Crippen LogP contribution is 1.99. The summed E-state index contributed by atoms with van der Waals surface area (Å²) in [5.41, 5.74) is 0. The van der Waals surface area contributed by atoms with Gasteiger partial charge in [-0.05, 0) is 60.4 Å². The standard InChI is InChI=1S/C29H68N8/c1-10-30-16-17-36(27-23-34(14-5)21-19-32(9)11-2)28-24-35(15-6)25-29-37(20-18-31(7)8)26-22-33(12-3)13-4/h30H,10-29H2,1-9H3. The van der Waals surface area contributed by atoms with Crippen LogP contribution in [0.2, 0.25) is 0 Å². The molecule has 0 spiro atoms. The van der Waals surface area contributed by atoms with Crippen molar-refractivity contribution in [2.75, 3.05) is 152 Å². The maximum absolute atomic E-state index is 3.54. The zero-order valence-corrected chi connectivity index (χ0v) is 26.8. The van der Waals surface area contributed by atoms with Gasteiger partial charge in [-0.3, -0.25) is 9.80 Å². The van der Waals surface area contributed by atoms with Gasteiger partial charge in [0.1, 0.15) is 0 Å². The van der Waals surface area contributed by atoms with Gasteiger partial charge in [-0.1, -0.05) is 41.5 Å². The molecule has 0 aliphatic carbocycles. The molecule has 0 saturated heterocycles. The van der Waals surface area contributed by atoms with Gasteiger partial charge in [-0.15, -0.1) is 0 Å². The smallest absolute Gasteiger partial charge is 0.0110 e. The van der Waals surface area contributed by atoms with Gasteiger partial charge >= 0.3 is 0 Å². The Kier molecular flexibility index (Phi) is 24.5. The van der Waals surface area contributed by atoms with Gasteiger partial charge in [0.15, 0.2) is 0 Å². The molecule has 0 aromatic carbocycles. The van der Waals surface area contributed by atoms with E-state index >= 15 is 0 Å². The molecule has 224 valence electrons. The molecule has 8 heteroatoms. The molecule has 0 heterocycles. The molecular weight excluding hydrogens is 460 g/mol. The second kappa shape index (κ2) is 24.7. The summed E-state index contributed by atoms with van der Waals surface area (Å²) in [5.74, 6) is 0. The van der Waals surface area contributed by atoms with Gasteiger partial charge in [-0.2, -0.15) is 0 Å². The summed E-state index contributed by atoms with van der Waals surface area (Å²) in [5, 5.41) is 3.54. The van der Waals surface area contributed by atoms with Crippen molar-refractivity contribution >= 4 is 0 Å². The average molecular weight is 529 g/mol. The highest BCUT2D eigenvalue weighted by atomic mass is 15.3. The third kappa shape index (κ3) is 20.3. The minimum Gasteiger partial charge on any atom is -0.316 e. The number of nitrogens with one attached hydrogen (secondary N) is 1. The lowest BCUT2D eigenvalue weighted by molar-refractivity contribution is 0.152. The van der Waals surface area contributed by atoms with Crippen LogP contribution in [0.25, 0.3) is 0 Å². The van der Waals surface area contributed by atoms with E-state index in [0.717, 1.165) is 111 Å². The highest BCUT2D eigenvalue weighted by molar-refractivity contribution is 4.70. The maximum atomic E-state index is 3.54. The molecule has 0 radical (unpaired) electrons. The lowest BCUT2D eigenvalue weighted by Gasteiger charge is -2.32. The molecule has 0 fully saturated rings. The molecular formula is C29H68N8. The largest absolute Gasteiger partial charge is 0.316 e. The summed E-state index contributed by atoms with van der Waals surface area (Å²) in [7, 11) is 6.59. The van der Waals surface area contributed by atoms with E-state index in [1.807, 2.05) is 0 Å². The Hall–Kier alpha value is -0.320. The number of nitrogens with zero attached hydrogens (tertiary/aromatic N) is 7. The van der Waals surface area contributed by atoms with Crippen molar-refractivity contribution < 1.29 is 0 Å². The monoisotopic (exact) mass is 529 g/mol. The van der Waals surface area contributed by atoms with Crippen LogP contribution in [0.5, 0.6) is 0 Å². The molecule has 0 atom stereocenters. The summed E-state index contributed by atoms with van der Waals surface area (Å²) < 4.78 is 0. The second-order valence-corrected chi connectivity index (χ2v) is 10.6. The molecule has 0 aromatic rings. The SMILES string of the molecule is CCNCCN(CCN(CC)CCN(C)CC)CCN(CC)CCN(CCN(C)C)CCN(CC)CC. The van der Waals surface area contributed by atoms with E-state index in [4.69, 9.17) is 0 Å². The van der Waals surface area contributed by atoms with Crippen LogP contribution in [0.1, 0.15) is 41.5 Å². The minimum absolute atomic E-state index is 1.05. The molecule has 0 aromatic heterocycles. The van der Waals surface area contributed by atoms with Crippen molar-refractivity contribution in [3.05, 3.63) is 0 Å². The summed E-state index contributed by atoms with van der Waals surface area (Å²) >= 11 is 0. The van der Waals surface area contributed by atoms with Gasteiger partial charge < -0.3 is 29.8 Å². The van der Waals surface area contributed by atoms with E-state index < -0.39 is 0 Å². The van der Waals surface area contributed by atoms with Crippen LogP contribution in [0.4, 0.5) is 0 Å². The number of hydrogen-bond donors (Lipinski definition) is 1. The molecule has 8 nitrogen and oxygen atoms in total. The first-order chi connectivity index (χ1) is 17.8. The van der Waals surface area contributed by atoms with Crippen molar-refractivity contribution in [3.63, 3.8) is 0 Å². The molecule has 0 aliphatic heterocycles. The molecule has 0 aliphatic rings. The van der Waals surface area contributed by atoms with E-state index in [0.29, 0.717) is 0 Å². The second-order valence-electron chi connectivity index (χ2n) is 10.6. The summed E-state index contributed by atoms with van der Waals surface area (Å²) in [6.45, 7) is 36.5. The van der Waals surface area contributed by atoms with E-state index in [1.165, 1.54) is 19.6 Å². The van der Waals surface area contributed by atoms with E-state index in [2.05, 4.69) is 102 Å². The zero-order valence-electron chi connectivity index (χ0n) is 26.8. The van der Waals surface area contributed by atoms with Crippen LogP contribution in [0, 0.1) is 0 Å². The summed E-state index contributed by atoms with van der Waals surface area (Å²) in [6, 6.07) is 0. The molecule has 0 bridgehead atoms. The molecule has 0 unspecified atom stereocenters. The first-order valence-corrected chi connectivity index (χ1v) is 15.5. The van der Waals surface area contributed by atoms with Gasteiger partial charge in [0.25, 0.3) is 0 Å². The number of rotatable bonds is 27. The number of hydrogen-bond acceptors (Lipinski definition) is 8. The van der Waals surface area contributed by atoms with Crippen LogP contribution in [-0.4, -0.2) is 186 Å². The maximum Gasteiger partial charge on any atom is 0.0110 e. The predicted molar refractivity (Wildman–Crippen MR) is 165 cm³/mol. The Labute approximate surface area is 233 Å². The first kappa shape index (κ1) is 36.7. The van der Waals surface area contributed by atoms with Crippen LogP contribution < -0.4 is 5.32 Å². The van der Waals surface area contributed by atoms with E-state index in [1.54, 1.807) is 0 Å². The lowest BCUT2D eigenvalue weighted by Crippen LogP contribution is -2.45. The molecule has 0 amide bonds. The van der Waals surface area contributed by atoms with Crippen LogP contribution >= 0.6 is 0 Å². The minimum atomic E-state index is 1.05. The van der Waals surface area contributed by atoms with Crippen molar-refractivity contribution in [1.82, 2.24) is 39.6 Å². The van der Waals surface area contributed by atoms with E-state index in [-0.39, 0.29) is 0 Å². The third-order valence-corrected chi connectivity index (χ3v) is 7.77. The van der Waals surface area contributed by atoms with Gasteiger partial charge in [0.2, 0.25) is 0 Å². The topological polar surface area (TPSA) is 34.7 Å². The Morgan fingerprint density at radius 1 is 0.378 bits per heavy atom. The van der Waals surface area contributed by atoms with Crippen molar-refractivity contribution in [2.45, 2.75) is 41.5 Å². The normalized spacial score (nSPS) is 12.6. The van der Waals surface area contributed by atoms with Gasteiger partial charge in [0.05, 0.1) is 0 Å². The third-order valence-electron chi connectivity index (χ3n) is 7.77. The molecule has 0 saturated carbocycles. The molecule has 1 N–H and O–H groups in total. The van der Waals surface area contributed by atoms with Gasteiger partial charge in [0, 0.05) is 91.6 Å². The lowest BCUT2D eigenvalue weighted by atomic mass is 10.3. The van der Waals surface area contributed by atoms with Crippen molar-refractivity contribution in [3.8, 4) is 0 Å².